The number of allylic oxidation sites excluding steroid dienone is 1. The summed E-state index contributed by atoms with van der Waals surface area (Å²) >= 11 is 0. The van der Waals surface area contributed by atoms with E-state index in [1.165, 1.54) is 6.92 Å². The molecule has 0 aromatic rings. The van der Waals surface area contributed by atoms with E-state index in [-0.39, 0.29) is 0 Å². The van der Waals surface area contributed by atoms with E-state index in [0.717, 1.165) is 12.2 Å². The average Bonchev–Trinajstić information content (AvgIpc) is 2.16. The predicted octanol–water partition coefficient (Wildman–Crippen LogP) is 0.653. The number of rotatable bonds is 3. The number of hydrogen-bond acceptors (Lipinski definition) is 4. The van der Waals surface area contributed by atoms with Crippen LogP contribution in [0.25, 0.3) is 0 Å². The first-order valence-electron chi connectivity index (χ1n) is 4.31. The number of carbonyl (C=O) groups is 2. The Kier molecular flexibility index (Phi) is 2.80. The van der Waals surface area contributed by atoms with Crippen LogP contribution in [-0.4, -0.2) is 27.1 Å². The van der Waals surface area contributed by atoms with Crippen molar-refractivity contribution < 1.29 is 24.7 Å². The summed E-state index contributed by atoms with van der Waals surface area (Å²) in [6.45, 7) is 1.30. The van der Waals surface area contributed by atoms with Gasteiger partial charge in [0.2, 0.25) is 0 Å². The highest BCUT2D eigenvalue weighted by Crippen LogP contribution is 2.34. The van der Waals surface area contributed by atoms with Gasteiger partial charge in [-0.1, -0.05) is 6.08 Å². The summed E-state index contributed by atoms with van der Waals surface area (Å²) in [5.74, 6) is -2.66. The number of carboxylic acids is 2. The number of carboxylic acid groups (broad SMARTS) is 2. The molecule has 0 fully saturated rings. The molecule has 0 heterocycles. The van der Waals surface area contributed by atoms with E-state index >= 15 is 0 Å². The maximum atomic E-state index is 10.9. The molecule has 0 saturated carbocycles. The molecule has 1 rings (SSSR count). The monoisotopic (exact) mass is 227 g/mol. The van der Waals surface area contributed by atoms with E-state index in [1.807, 2.05) is 0 Å². The number of aliphatic carboxylic acids is 2. The third-order valence-electron chi connectivity index (χ3n) is 2.40. The maximum absolute atomic E-state index is 10.9. The molecule has 86 valence electrons. The Bertz CT molecular complexity index is 435. The lowest BCUT2D eigenvalue weighted by atomic mass is 9.80. The van der Waals surface area contributed by atoms with Gasteiger partial charge in [-0.15, -0.1) is 0 Å². The fourth-order valence-corrected chi connectivity index (χ4v) is 1.37. The first-order chi connectivity index (χ1) is 7.28. The minimum absolute atomic E-state index is 0.437. The van der Waals surface area contributed by atoms with Crippen LogP contribution in [0, 0.1) is 15.5 Å². The number of hydrogen-bond donors (Lipinski definition) is 2. The maximum Gasteiger partial charge on any atom is 0.342 e. The van der Waals surface area contributed by atoms with E-state index in [1.54, 1.807) is 0 Å². The van der Waals surface area contributed by atoms with Gasteiger partial charge in [-0.25, -0.2) is 4.79 Å². The highest BCUT2D eigenvalue weighted by molar-refractivity contribution is 5.92. The van der Waals surface area contributed by atoms with Gasteiger partial charge < -0.3 is 10.2 Å². The van der Waals surface area contributed by atoms with E-state index in [2.05, 4.69) is 0 Å². The molecule has 0 aliphatic heterocycles. The van der Waals surface area contributed by atoms with E-state index in [9.17, 15) is 19.7 Å². The Balaban J connectivity index is 3.23. The van der Waals surface area contributed by atoms with E-state index in [4.69, 9.17) is 10.2 Å². The summed E-state index contributed by atoms with van der Waals surface area (Å²) in [6, 6.07) is 0. The van der Waals surface area contributed by atoms with Crippen molar-refractivity contribution in [2.75, 3.05) is 0 Å². The second kappa shape index (κ2) is 3.76. The van der Waals surface area contributed by atoms with E-state index in [0.29, 0.717) is 0 Å². The first-order valence-corrected chi connectivity index (χ1v) is 4.31. The van der Waals surface area contributed by atoms with Crippen molar-refractivity contribution in [3.05, 3.63) is 33.5 Å². The molecule has 2 N–H and O–H groups in total. The Hall–Kier alpha value is -2.18. The molecule has 16 heavy (non-hydrogen) atoms. The van der Waals surface area contributed by atoms with Crippen molar-refractivity contribution >= 4 is 11.9 Å². The van der Waals surface area contributed by atoms with Gasteiger partial charge in [0.25, 0.3) is 5.70 Å². The number of nitrogens with zero attached hydrogens (tertiary/aromatic N) is 1. The van der Waals surface area contributed by atoms with Crippen LogP contribution < -0.4 is 0 Å². The predicted molar refractivity (Wildman–Crippen MR) is 51.2 cm³/mol. The summed E-state index contributed by atoms with van der Waals surface area (Å²) in [6.07, 6.45) is 1.69. The van der Waals surface area contributed by atoms with Crippen LogP contribution in [0.1, 0.15) is 13.3 Å². The van der Waals surface area contributed by atoms with Crippen LogP contribution in [0.4, 0.5) is 0 Å². The molecule has 1 atom stereocenters. The third kappa shape index (κ3) is 1.92. The number of nitro groups is 1. The smallest absolute Gasteiger partial charge is 0.342 e. The van der Waals surface area contributed by atoms with Crippen LogP contribution >= 0.6 is 0 Å². The van der Waals surface area contributed by atoms with Gasteiger partial charge in [-0.05, 0) is 13.0 Å². The van der Waals surface area contributed by atoms with Gasteiger partial charge in [-0.3, -0.25) is 14.9 Å². The summed E-state index contributed by atoms with van der Waals surface area (Å²) < 4.78 is 0. The summed E-state index contributed by atoms with van der Waals surface area (Å²) in [4.78, 5) is 31.4. The SMILES string of the molecule is CC1(C(=O)O)C=CC(C(=O)O)=C([N+](=O)[O-])C1. The zero-order chi connectivity index (χ0) is 12.5. The van der Waals surface area contributed by atoms with Crippen molar-refractivity contribution in [2.45, 2.75) is 13.3 Å². The standard InChI is InChI=1S/C9H9NO6/c1-9(8(13)14)3-2-5(7(11)12)6(4-9)10(15)16/h2-3H,4H2,1H3,(H,11,12)(H,13,14). The van der Waals surface area contributed by atoms with Gasteiger partial charge in [-0.2, -0.15) is 0 Å². The molecule has 1 unspecified atom stereocenters. The van der Waals surface area contributed by atoms with Crippen molar-refractivity contribution in [2.24, 2.45) is 5.41 Å². The lowest BCUT2D eigenvalue weighted by molar-refractivity contribution is -0.430. The minimum Gasteiger partial charge on any atom is -0.481 e. The lowest BCUT2D eigenvalue weighted by Crippen LogP contribution is -2.30. The van der Waals surface area contributed by atoms with Gasteiger partial charge in [0.1, 0.15) is 5.57 Å². The molecule has 0 aromatic carbocycles. The second-order valence-corrected chi connectivity index (χ2v) is 3.66. The fourth-order valence-electron chi connectivity index (χ4n) is 1.37. The average molecular weight is 227 g/mol. The van der Waals surface area contributed by atoms with Crippen LogP contribution in [0.3, 0.4) is 0 Å². The van der Waals surface area contributed by atoms with Crippen molar-refractivity contribution in [1.82, 2.24) is 0 Å². The molecular formula is C9H9NO6. The van der Waals surface area contributed by atoms with Crippen LogP contribution in [-0.2, 0) is 9.59 Å². The molecule has 0 radical (unpaired) electrons. The zero-order valence-corrected chi connectivity index (χ0v) is 8.34. The molecule has 7 nitrogen and oxygen atoms in total. The normalized spacial score (nSPS) is 24.3. The molecule has 0 bridgehead atoms. The Morgan fingerprint density at radius 1 is 1.50 bits per heavy atom. The minimum atomic E-state index is -1.43. The Morgan fingerprint density at radius 3 is 2.44 bits per heavy atom. The van der Waals surface area contributed by atoms with Crippen LogP contribution in [0.5, 0.6) is 0 Å². The van der Waals surface area contributed by atoms with E-state index < -0.39 is 40.0 Å². The Labute approximate surface area is 89.8 Å². The molecule has 1 aliphatic carbocycles. The van der Waals surface area contributed by atoms with Crippen LogP contribution in [0.2, 0.25) is 0 Å². The largest absolute Gasteiger partial charge is 0.481 e. The highest BCUT2D eigenvalue weighted by atomic mass is 16.6. The van der Waals surface area contributed by atoms with Gasteiger partial charge in [0.05, 0.1) is 16.8 Å². The molecule has 1 aliphatic rings. The van der Waals surface area contributed by atoms with Gasteiger partial charge >= 0.3 is 11.9 Å². The van der Waals surface area contributed by atoms with Crippen molar-refractivity contribution in [3.63, 3.8) is 0 Å². The second-order valence-electron chi connectivity index (χ2n) is 3.66. The lowest BCUT2D eigenvalue weighted by Gasteiger charge is -2.22. The molecule has 0 saturated heterocycles. The molecule has 7 heteroatoms. The van der Waals surface area contributed by atoms with Gasteiger partial charge in [0.15, 0.2) is 0 Å². The van der Waals surface area contributed by atoms with Crippen molar-refractivity contribution in [3.8, 4) is 0 Å². The summed E-state index contributed by atoms with van der Waals surface area (Å²) in [5.41, 5.74) is -2.48. The molecular weight excluding hydrogens is 218 g/mol. The molecule has 0 amide bonds. The molecule has 0 aromatic heterocycles. The quantitative estimate of drug-likeness (QED) is 0.539. The zero-order valence-electron chi connectivity index (χ0n) is 8.34. The molecule has 0 spiro atoms. The van der Waals surface area contributed by atoms with Gasteiger partial charge in [0, 0.05) is 0 Å². The highest BCUT2D eigenvalue weighted by Gasteiger charge is 2.40. The first kappa shape index (κ1) is 11.9. The Morgan fingerprint density at radius 2 is 2.06 bits per heavy atom. The topological polar surface area (TPSA) is 118 Å². The summed E-state index contributed by atoms with van der Waals surface area (Å²) in [7, 11) is 0. The fraction of sp³-hybridized carbons (Fsp3) is 0.333. The third-order valence-corrected chi connectivity index (χ3v) is 2.40. The summed E-state index contributed by atoms with van der Waals surface area (Å²) in [5, 5.41) is 28.2. The van der Waals surface area contributed by atoms with Crippen molar-refractivity contribution in [1.29, 1.82) is 0 Å². The van der Waals surface area contributed by atoms with Crippen LogP contribution in [0.15, 0.2) is 23.4 Å².